The number of halogens is 1. The van der Waals surface area contributed by atoms with Crippen LogP contribution in [-0.4, -0.2) is 37.1 Å². The first kappa shape index (κ1) is 17.7. The monoisotopic (exact) mass is 361 g/mol. The van der Waals surface area contributed by atoms with Crippen molar-refractivity contribution in [2.75, 3.05) is 25.0 Å². The van der Waals surface area contributed by atoms with Crippen molar-refractivity contribution in [2.45, 2.75) is 32.4 Å². The third kappa shape index (κ3) is 4.92. The summed E-state index contributed by atoms with van der Waals surface area (Å²) in [6.45, 7) is 4.55. The third-order valence-corrected chi connectivity index (χ3v) is 5.22. The highest BCUT2D eigenvalue weighted by Gasteiger charge is 2.20. The van der Waals surface area contributed by atoms with Gasteiger partial charge in [0.15, 0.2) is 5.96 Å². The van der Waals surface area contributed by atoms with Crippen LogP contribution >= 0.6 is 11.3 Å². The van der Waals surface area contributed by atoms with Crippen LogP contribution in [0.3, 0.4) is 0 Å². The van der Waals surface area contributed by atoms with Crippen molar-refractivity contribution in [3.8, 4) is 0 Å². The molecule has 2 N–H and O–H groups in total. The third-order valence-electron chi connectivity index (χ3n) is 4.31. The smallest absolute Gasteiger partial charge is 0.191 e. The molecule has 0 atom stereocenters. The van der Waals surface area contributed by atoms with Gasteiger partial charge in [-0.05, 0) is 38.0 Å². The Morgan fingerprint density at radius 2 is 2.20 bits per heavy atom. The number of anilines is 1. The van der Waals surface area contributed by atoms with Gasteiger partial charge in [0.25, 0.3) is 0 Å². The number of nitrogens with zero attached hydrogens (tertiary/aromatic N) is 3. The summed E-state index contributed by atoms with van der Waals surface area (Å²) < 4.78 is 13.4. The molecule has 1 fully saturated rings. The zero-order chi connectivity index (χ0) is 17.6. The number of hydrogen-bond acceptors (Lipinski definition) is 4. The second-order valence-corrected chi connectivity index (χ2v) is 7.50. The standard InChI is InChI=1S/C18H24FN5S/c1-13-11-21-17(25-13)12-22-18(20-2)23-15-6-8-24(9-7-15)16-5-3-4-14(19)10-16/h3-5,10-11,15H,6-9,12H2,1-2H3,(H2,20,22,23). The molecule has 1 aromatic carbocycles. The van der Waals surface area contributed by atoms with E-state index >= 15 is 0 Å². The molecule has 5 nitrogen and oxygen atoms in total. The van der Waals surface area contributed by atoms with Crippen LogP contribution in [0.4, 0.5) is 10.1 Å². The maximum absolute atomic E-state index is 13.4. The van der Waals surface area contributed by atoms with Crippen LogP contribution in [0.2, 0.25) is 0 Å². The molecule has 0 spiro atoms. The van der Waals surface area contributed by atoms with Crippen LogP contribution in [0.25, 0.3) is 0 Å². The first-order chi connectivity index (χ1) is 12.1. The lowest BCUT2D eigenvalue weighted by Crippen LogP contribution is -2.48. The van der Waals surface area contributed by atoms with Crippen LogP contribution < -0.4 is 15.5 Å². The maximum Gasteiger partial charge on any atom is 0.191 e. The molecule has 1 saturated heterocycles. The van der Waals surface area contributed by atoms with Crippen LogP contribution in [0.5, 0.6) is 0 Å². The zero-order valence-electron chi connectivity index (χ0n) is 14.6. The molecule has 3 rings (SSSR count). The van der Waals surface area contributed by atoms with Gasteiger partial charge >= 0.3 is 0 Å². The lowest BCUT2D eigenvalue weighted by Gasteiger charge is -2.34. The second kappa shape index (κ2) is 8.29. The number of guanidine groups is 1. The van der Waals surface area contributed by atoms with E-state index in [1.807, 2.05) is 12.3 Å². The predicted molar refractivity (Wildman–Crippen MR) is 102 cm³/mol. The molecule has 2 aromatic rings. The number of aryl methyl sites for hydroxylation is 1. The van der Waals surface area contributed by atoms with Gasteiger partial charge in [0.05, 0.1) is 6.54 Å². The Bertz CT molecular complexity index is 722. The highest BCUT2D eigenvalue weighted by molar-refractivity contribution is 7.11. The molecule has 0 bridgehead atoms. The molecule has 0 radical (unpaired) electrons. The molecule has 0 amide bonds. The fourth-order valence-corrected chi connectivity index (χ4v) is 3.71. The summed E-state index contributed by atoms with van der Waals surface area (Å²) in [5.74, 6) is 0.622. The largest absolute Gasteiger partial charge is 0.371 e. The van der Waals surface area contributed by atoms with Crippen molar-refractivity contribution in [1.82, 2.24) is 15.6 Å². The molecule has 134 valence electrons. The SMILES string of the molecule is CN=C(NCc1ncc(C)s1)NC1CCN(c2cccc(F)c2)CC1. The molecule has 7 heteroatoms. The van der Waals surface area contributed by atoms with Gasteiger partial charge in [-0.25, -0.2) is 9.37 Å². The number of rotatable bonds is 4. The lowest BCUT2D eigenvalue weighted by atomic mass is 10.0. The quantitative estimate of drug-likeness (QED) is 0.649. The molecule has 1 aliphatic rings. The van der Waals surface area contributed by atoms with Gasteiger partial charge in [0.2, 0.25) is 0 Å². The van der Waals surface area contributed by atoms with Crippen molar-refractivity contribution in [3.05, 3.63) is 46.2 Å². The van der Waals surface area contributed by atoms with Crippen LogP contribution in [0, 0.1) is 12.7 Å². The molecule has 0 unspecified atom stereocenters. The van der Waals surface area contributed by atoms with E-state index in [0.29, 0.717) is 12.6 Å². The van der Waals surface area contributed by atoms with Gasteiger partial charge in [-0.1, -0.05) is 6.07 Å². The van der Waals surface area contributed by atoms with Crippen LogP contribution in [0.1, 0.15) is 22.7 Å². The average molecular weight is 361 g/mol. The zero-order valence-corrected chi connectivity index (χ0v) is 15.4. The van der Waals surface area contributed by atoms with E-state index in [-0.39, 0.29) is 5.82 Å². The van der Waals surface area contributed by atoms with Crippen LogP contribution in [-0.2, 0) is 6.54 Å². The summed E-state index contributed by atoms with van der Waals surface area (Å²) in [7, 11) is 1.78. The molecule has 1 aromatic heterocycles. The first-order valence-corrected chi connectivity index (χ1v) is 9.34. The summed E-state index contributed by atoms with van der Waals surface area (Å²) in [4.78, 5) is 12.1. The molecule has 0 aliphatic carbocycles. The minimum Gasteiger partial charge on any atom is -0.371 e. The number of aliphatic imine (C=N–C) groups is 1. The summed E-state index contributed by atoms with van der Waals surface area (Å²) in [6, 6.07) is 7.19. The van der Waals surface area contributed by atoms with E-state index in [4.69, 9.17) is 0 Å². The Morgan fingerprint density at radius 3 is 2.84 bits per heavy atom. The highest BCUT2D eigenvalue weighted by Crippen LogP contribution is 2.20. The molecule has 0 saturated carbocycles. The Morgan fingerprint density at radius 1 is 1.40 bits per heavy atom. The Kier molecular flexibility index (Phi) is 5.86. The van der Waals surface area contributed by atoms with Crippen LogP contribution in [0.15, 0.2) is 35.5 Å². The van der Waals surface area contributed by atoms with E-state index in [2.05, 4.69) is 32.4 Å². The van der Waals surface area contributed by atoms with Gasteiger partial charge in [0.1, 0.15) is 10.8 Å². The molecule has 2 heterocycles. The van der Waals surface area contributed by atoms with E-state index in [0.717, 1.165) is 42.6 Å². The number of nitrogens with one attached hydrogen (secondary N) is 2. The number of aromatic nitrogens is 1. The predicted octanol–water partition coefficient (Wildman–Crippen LogP) is 2.92. The Balaban J connectivity index is 1.47. The summed E-state index contributed by atoms with van der Waals surface area (Å²) in [6.07, 6.45) is 3.88. The first-order valence-electron chi connectivity index (χ1n) is 8.53. The van der Waals surface area contributed by atoms with Gasteiger partial charge < -0.3 is 15.5 Å². The molecular formula is C18H24FN5S. The fraction of sp³-hybridized carbons (Fsp3) is 0.444. The minimum absolute atomic E-state index is 0.181. The van der Waals surface area contributed by atoms with Gasteiger partial charge in [-0.3, -0.25) is 4.99 Å². The maximum atomic E-state index is 13.4. The number of hydrogen-bond donors (Lipinski definition) is 2. The highest BCUT2D eigenvalue weighted by atomic mass is 32.1. The number of piperidine rings is 1. The van der Waals surface area contributed by atoms with Crippen molar-refractivity contribution < 1.29 is 4.39 Å². The minimum atomic E-state index is -0.181. The fourth-order valence-electron chi connectivity index (χ4n) is 2.99. The summed E-state index contributed by atoms with van der Waals surface area (Å²) in [5.41, 5.74) is 0.958. The summed E-state index contributed by atoms with van der Waals surface area (Å²) in [5, 5.41) is 7.86. The topological polar surface area (TPSA) is 52.6 Å². The summed E-state index contributed by atoms with van der Waals surface area (Å²) >= 11 is 1.69. The number of benzene rings is 1. The number of thiazole rings is 1. The average Bonchev–Trinajstić information content (AvgIpc) is 3.04. The van der Waals surface area contributed by atoms with E-state index in [1.54, 1.807) is 30.5 Å². The lowest BCUT2D eigenvalue weighted by molar-refractivity contribution is 0.461. The van der Waals surface area contributed by atoms with Crippen molar-refractivity contribution in [1.29, 1.82) is 0 Å². The molecular weight excluding hydrogens is 337 g/mol. The Labute approximate surface area is 152 Å². The van der Waals surface area contributed by atoms with Crippen molar-refractivity contribution in [3.63, 3.8) is 0 Å². The van der Waals surface area contributed by atoms with Crippen molar-refractivity contribution >= 4 is 23.0 Å². The van der Waals surface area contributed by atoms with Crippen molar-refractivity contribution in [2.24, 2.45) is 4.99 Å². The van der Waals surface area contributed by atoms with Gasteiger partial charge in [0, 0.05) is 42.9 Å². The van der Waals surface area contributed by atoms with Gasteiger partial charge in [-0.15, -0.1) is 11.3 Å². The Hall–Kier alpha value is -2.15. The normalized spacial score (nSPS) is 16.1. The molecule has 1 aliphatic heterocycles. The van der Waals surface area contributed by atoms with Gasteiger partial charge in [-0.2, -0.15) is 0 Å². The van der Waals surface area contributed by atoms with E-state index in [1.165, 1.54) is 10.9 Å². The second-order valence-electron chi connectivity index (χ2n) is 6.18. The van der Waals surface area contributed by atoms with E-state index < -0.39 is 0 Å². The van der Waals surface area contributed by atoms with E-state index in [9.17, 15) is 4.39 Å². The molecule has 25 heavy (non-hydrogen) atoms.